The van der Waals surface area contributed by atoms with Crippen molar-refractivity contribution < 1.29 is 9.53 Å². The van der Waals surface area contributed by atoms with E-state index >= 15 is 0 Å². The number of carbonyl (C=O) groups excluding carboxylic acids is 1. The van der Waals surface area contributed by atoms with E-state index in [1.807, 2.05) is 29.2 Å². The number of nitrogen functional groups attached to an aromatic ring is 1. The number of amides is 1. The molecule has 0 unspecified atom stereocenters. The Balaban J connectivity index is 1.55. The summed E-state index contributed by atoms with van der Waals surface area (Å²) in [4.78, 5) is 16.6. The van der Waals surface area contributed by atoms with Gasteiger partial charge in [0, 0.05) is 38.3 Å². The van der Waals surface area contributed by atoms with Crippen molar-refractivity contribution in [2.75, 3.05) is 45.1 Å². The summed E-state index contributed by atoms with van der Waals surface area (Å²) in [6, 6.07) is 7.40. The number of hydrogen-bond acceptors (Lipinski definition) is 4. The summed E-state index contributed by atoms with van der Waals surface area (Å²) < 4.78 is 5.64. The zero-order valence-corrected chi connectivity index (χ0v) is 14.2. The molecular formula is C18H29N3O2. The molecule has 1 saturated heterocycles. The zero-order chi connectivity index (χ0) is 16.5. The summed E-state index contributed by atoms with van der Waals surface area (Å²) in [6.07, 6.45) is 3.58. The number of unbranched alkanes of at least 4 members (excludes halogenated alkanes) is 1. The van der Waals surface area contributed by atoms with Crippen LogP contribution >= 0.6 is 0 Å². The van der Waals surface area contributed by atoms with Crippen LogP contribution in [0.2, 0.25) is 0 Å². The number of piperazine rings is 1. The van der Waals surface area contributed by atoms with Gasteiger partial charge in [-0.1, -0.05) is 6.92 Å². The topological polar surface area (TPSA) is 58.8 Å². The Hall–Kier alpha value is -1.75. The van der Waals surface area contributed by atoms with Crippen LogP contribution in [0.1, 0.15) is 32.6 Å². The van der Waals surface area contributed by atoms with E-state index in [2.05, 4.69) is 11.8 Å². The average Bonchev–Trinajstić information content (AvgIpc) is 2.57. The minimum Gasteiger partial charge on any atom is -0.494 e. The van der Waals surface area contributed by atoms with Crippen LogP contribution in [0.15, 0.2) is 24.3 Å². The Morgan fingerprint density at radius 3 is 2.48 bits per heavy atom. The van der Waals surface area contributed by atoms with E-state index in [-0.39, 0.29) is 5.91 Å². The number of rotatable bonds is 8. The van der Waals surface area contributed by atoms with Gasteiger partial charge in [-0.15, -0.1) is 0 Å². The van der Waals surface area contributed by atoms with Gasteiger partial charge >= 0.3 is 0 Å². The van der Waals surface area contributed by atoms with Crippen LogP contribution in [-0.4, -0.2) is 55.0 Å². The van der Waals surface area contributed by atoms with Gasteiger partial charge in [0.15, 0.2) is 0 Å². The van der Waals surface area contributed by atoms with E-state index in [4.69, 9.17) is 10.5 Å². The quantitative estimate of drug-likeness (QED) is 0.590. The summed E-state index contributed by atoms with van der Waals surface area (Å²) in [7, 11) is 0. The second-order valence-corrected chi connectivity index (χ2v) is 6.10. The van der Waals surface area contributed by atoms with Crippen LogP contribution in [0.25, 0.3) is 0 Å². The molecule has 0 bridgehead atoms. The molecular weight excluding hydrogens is 290 g/mol. The molecule has 5 heteroatoms. The van der Waals surface area contributed by atoms with Crippen LogP contribution in [0, 0.1) is 0 Å². The monoisotopic (exact) mass is 319 g/mol. The second kappa shape index (κ2) is 9.40. The highest BCUT2D eigenvalue weighted by molar-refractivity contribution is 5.76. The van der Waals surface area contributed by atoms with Crippen LogP contribution in [0.5, 0.6) is 5.75 Å². The van der Waals surface area contributed by atoms with Gasteiger partial charge < -0.3 is 15.4 Å². The molecule has 5 nitrogen and oxygen atoms in total. The van der Waals surface area contributed by atoms with Gasteiger partial charge in [-0.2, -0.15) is 0 Å². The fourth-order valence-corrected chi connectivity index (χ4v) is 2.83. The van der Waals surface area contributed by atoms with E-state index < -0.39 is 0 Å². The summed E-state index contributed by atoms with van der Waals surface area (Å²) in [5, 5.41) is 0. The first-order valence-corrected chi connectivity index (χ1v) is 8.67. The summed E-state index contributed by atoms with van der Waals surface area (Å²) in [5.74, 6) is 1.12. The van der Waals surface area contributed by atoms with Gasteiger partial charge in [0.25, 0.3) is 0 Å². The normalized spacial score (nSPS) is 15.6. The van der Waals surface area contributed by atoms with Crippen molar-refractivity contribution in [1.29, 1.82) is 0 Å². The SMILES string of the molecule is CCCN1CCN(C(=O)CCCCOc2ccc(N)cc2)CC1. The third kappa shape index (κ3) is 6.10. The number of anilines is 1. The van der Waals surface area contributed by atoms with Gasteiger partial charge in [0.2, 0.25) is 5.91 Å². The van der Waals surface area contributed by atoms with Crippen molar-refractivity contribution >= 4 is 11.6 Å². The molecule has 0 atom stereocenters. The van der Waals surface area contributed by atoms with Gasteiger partial charge in [-0.25, -0.2) is 0 Å². The van der Waals surface area contributed by atoms with Gasteiger partial charge in [-0.05, 0) is 50.1 Å². The molecule has 0 spiro atoms. The number of hydrogen-bond donors (Lipinski definition) is 1. The highest BCUT2D eigenvalue weighted by atomic mass is 16.5. The molecule has 23 heavy (non-hydrogen) atoms. The smallest absolute Gasteiger partial charge is 0.222 e. The molecule has 1 heterocycles. The molecule has 0 radical (unpaired) electrons. The highest BCUT2D eigenvalue weighted by Crippen LogP contribution is 2.14. The van der Waals surface area contributed by atoms with E-state index in [1.165, 1.54) is 6.42 Å². The molecule has 0 aromatic heterocycles. The number of benzene rings is 1. The minimum absolute atomic E-state index is 0.286. The Morgan fingerprint density at radius 1 is 1.13 bits per heavy atom. The number of carbonyl (C=O) groups is 1. The molecule has 1 aliphatic heterocycles. The lowest BCUT2D eigenvalue weighted by molar-refractivity contribution is -0.133. The van der Waals surface area contributed by atoms with Gasteiger partial charge in [0.05, 0.1) is 6.61 Å². The van der Waals surface area contributed by atoms with E-state index in [1.54, 1.807) is 0 Å². The zero-order valence-electron chi connectivity index (χ0n) is 14.2. The third-order valence-corrected chi connectivity index (χ3v) is 4.20. The predicted octanol–water partition coefficient (Wildman–Crippen LogP) is 2.37. The number of ether oxygens (including phenoxy) is 1. The lowest BCUT2D eigenvalue weighted by Crippen LogP contribution is -2.48. The lowest BCUT2D eigenvalue weighted by atomic mass is 10.2. The molecule has 128 valence electrons. The van der Waals surface area contributed by atoms with Crippen LogP contribution in [0.3, 0.4) is 0 Å². The largest absolute Gasteiger partial charge is 0.494 e. The molecule has 0 saturated carbocycles. The molecule has 0 aliphatic carbocycles. The second-order valence-electron chi connectivity index (χ2n) is 6.10. The number of nitrogens with two attached hydrogens (primary N) is 1. The first kappa shape index (κ1) is 17.6. The van der Waals surface area contributed by atoms with E-state index in [0.29, 0.717) is 13.0 Å². The predicted molar refractivity (Wildman–Crippen MR) is 93.5 cm³/mol. The molecule has 1 amide bonds. The molecule has 1 aromatic rings. The van der Waals surface area contributed by atoms with Crippen LogP contribution < -0.4 is 10.5 Å². The van der Waals surface area contributed by atoms with Crippen molar-refractivity contribution in [3.8, 4) is 5.75 Å². The fraction of sp³-hybridized carbons (Fsp3) is 0.611. The molecule has 2 rings (SSSR count). The maximum Gasteiger partial charge on any atom is 0.222 e. The van der Waals surface area contributed by atoms with Crippen molar-refractivity contribution in [3.63, 3.8) is 0 Å². The maximum atomic E-state index is 12.2. The van der Waals surface area contributed by atoms with Gasteiger partial charge in [0.1, 0.15) is 5.75 Å². The lowest BCUT2D eigenvalue weighted by Gasteiger charge is -2.34. The Morgan fingerprint density at radius 2 is 1.83 bits per heavy atom. The maximum absolute atomic E-state index is 12.2. The molecule has 1 aliphatic rings. The summed E-state index contributed by atoms with van der Waals surface area (Å²) in [6.45, 7) is 7.76. The third-order valence-electron chi connectivity index (χ3n) is 4.20. The first-order valence-electron chi connectivity index (χ1n) is 8.67. The first-order chi connectivity index (χ1) is 11.2. The van der Waals surface area contributed by atoms with Crippen molar-refractivity contribution in [2.45, 2.75) is 32.6 Å². The fourth-order valence-electron chi connectivity index (χ4n) is 2.83. The van der Waals surface area contributed by atoms with Crippen LogP contribution in [-0.2, 0) is 4.79 Å². The van der Waals surface area contributed by atoms with Gasteiger partial charge in [-0.3, -0.25) is 9.69 Å². The standard InChI is InChI=1S/C18H29N3O2/c1-2-10-20-11-13-21(14-12-20)18(22)5-3-4-15-23-17-8-6-16(19)7-9-17/h6-9H,2-5,10-15,19H2,1H3. The van der Waals surface area contributed by atoms with E-state index in [0.717, 1.165) is 57.0 Å². The summed E-state index contributed by atoms with van der Waals surface area (Å²) in [5.41, 5.74) is 6.37. The van der Waals surface area contributed by atoms with E-state index in [9.17, 15) is 4.79 Å². The average molecular weight is 319 g/mol. The Bertz CT molecular complexity index is 468. The molecule has 1 fully saturated rings. The van der Waals surface area contributed by atoms with Crippen molar-refractivity contribution in [3.05, 3.63) is 24.3 Å². The highest BCUT2D eigenvalue weighted by Gasteiger charge is 2.19. The molecule has 1 aromatic carbocycles. The minimum atomic E-state index is 0.286. The Kier molecular flexibility index (Phi) is 7.20. The van der Waals surface area contributed by atoms with Crippen molar-refractivity contribution in [1.82, 2.24) is 9.80 Å². The van der Waals surface area contributed by atoms with Crippen molar-refractivity contribution in [2.24, 2.45) is 0 Å². The molecule has 2 N–H and O–H groups in total. The Labute approximate surface area is 139 Å². The number of nitrogens with zero attached hydrogens (tertiary/aromatic N) is 2. The van der Waals surface area contributed by atoms with Crippen LogP contribution in [0.4, 0.5) is 5.69 Å². The summed E-state index contributed by atoms with van der Waals surface area (Å²) >= 11 is 0.